The zero-order chi connectivity index (χ0) is 15.1. The molecule has 0 fully saturated rings. The molecule has 5 nitrogen and oxygen atoms in total. The topological polar surface area (TPSA) is 59.6 Å². The first-order valence-electron chi connectivity index (χ1n) is 7.57. The van der Waals surface area contributed by atoms with E-state index in [-0.39, 0.29) is 11.9 Å². The number of hydrogen-bond donors (Lipinski definition) is 2. The van der Waals surface area contributed by atoms with E-state index in [1.807, 2.05) is 32.0 Å². The van der Waals surface area contributed by atoms with Crippen LogP contribution in [0.2, 0.25) is 0 Å². The molecule has 0 spiro atoms. The van der Waals surface area contributed by atoms with Crippen LogP contribution in [0.1, 0.15) is 25.8 Å². The highest BCUT2D eigenvalue weighted by Gasteiger charge is 2.12. The Morgan fingerprint density at radius 1 is 1.29 bits per heavy atom. The van der Waals surface area contributed by atoms with Crippen LogP contribution in [0.25, 0.3) is 0 Å². The number of fused-ring (bicyclic) bond motifs is 1. The van der Waals surface area contributed by atoms with Gasteiger partial charge in [-0.05, 0) is 37.6 Å². The van der Waals surface area contributed by atoms with Gasteiger partial charge in [-0.2, -0.15) is 0 Å². The third-order valence-corrected chi connectivity index (χ3v) is 3.39. The smallest absolute Gasteiger partial charge is 0.221 e. The first-order chi connectivity index (χ1) is 10.2. The van der Waals surface area contributed by atoms with Crippen molar-refractivity contribution in [2.24, 2.45) is 0 Å². The van der Waals surface area contributed by atoms with Crippen LogP contribution in [-0.4, -0.2) is 38.3 Å². The van der Waals surface area contributed by atoms with Crippen molar-refractivity contribution in [2.45, 2.75) is 32.7 Å². The Hall–Kier alpha value is -1.75. The third-order valence-electron chi connectivity index (χ3n) is 3.39. The van der Waals surface area contributed by atoms with E-state index in [9.17, 15) is 4.79 Å². The lowest BCUT2D eigenvalue weighted by Gasteiger charge is -2.19. The number of benzene rings is 1. The van der Waals surface area contributed by atoms with Gasteiger partial charge in [0.15, 0.2) is 11.5 Å². The van der Waals surface area contributed by atoms with Crippen molar-refractivity contribution in [2.75, 3.05) is 26.3 Å². The molecule has 1 aliphatic rings. The molecule has 1 aromatic rings. The number of nitrogens with one attached hydrogen (secondary N) is 2. The second kappa shape index (κ2) is 7.88. The largest absolute Gasteiger partial charge is 0.486 e. The van der Waals surface area contributed by atoms with E-state index in [1.165, 1.54) is 0 Å². The fourth-order valence-corrected chi connectivity index (χ4v) is 2.36. The van der Waals surface area contributed by atoms with Gasteiger partial charge in [-0.3, -0.25) is 4.79 Å². The van der Waals surface area contributed by atoms with Crippen molar-refractivity contribution < 1.29 is 14.3 Å². The quantitative estimate of drug-likeness (QED) is 0.799. The van der Waals surface area contributed by atoms with E-state index in [0.29, 0.717) is 26.2 Å². The number of amides is 1. The van der Waals surface area contributed by atoms with Gasteiger partial charge < -0.3 is 20.1 Å². The molecule has 1 aromatic carbocycles. The Morgan fingerprint density at radius 2 is 2.05 bits per heavy atom. The van der Waals surface area contributed by atoms with Crippen LogP contribution in [0.3, 0.4) is 0 Å². The summed E-state index contributed by atoms with van der Waals surface area (Å²) < 4.78 is 11.0. The maximum Gasteiger partial charge on any atom is 0.221 e. The summed E-state index contributed by atoms with van der Waals surface area (Å²) in [5.74, 6) is 1.68. The van der Waals surface area contributed by atoms with Crippen LogP contribution >= 0.6 is 0 Å². The van der Waals surface area contributed by atoms with Gasteiger partial charge in [0.1, 0.15) is 13.2 Å². The van der Waals surface area contributed by atoms with Gasteiger partial charge in [-0.15, -0.1) is 0 Å². The van der Waals surface area contributed by atoms with Gasteiger partial charge >= 0.3 is 0 Å². The fraction of sp³-hybridized carbons (Fsp3) is 0.562. The maximum absolute atomic E-state index is 11.8. The average Bonchev–Trinajstić information content (AvgIpc) is 2.47. The molecule has 0 aliphatic carbocycles. The first kappa shape index (κ1) is 15.6. The molecule has 1 atom stereocenters. The van der Waals surface area contributed by atoms with Gasteiger partial charge in [0, 0.05) is 19.0 Å². The molecule has 1 heterocycles. The van der Waals surface area contributed by atoms with E-state index in [1.54, 1.807) is 0 Å². The van der Waals surface area contributed by atoms with Crippen molar-refractivity contribution in [1.29, 1.82) is 0 Å². The molecule has 2 rings (SSSR count). The van der Waals surface area contributed by atoms with Crippen molar-refractivity contribution in [3.05, 3.63) is 23.8 Å². The van der Waals surface area contributed by atoms with E-state index in [0.717, 1.165) is 30.0 Å². The lowest BCUT2D eigenvalue weighted by Crippen LogP contribution is -2.34. The Labute approximate surface area is 126 Å². The van der Waals surface area contributed by atoms with Crippen LogP contribution in [0, 0.1) is 0 Å². The highest BCUT2D eigenvalue weighted by molar-refractivity contribution is 5.76. The molecular formula is C16H24N2O3. The minimum atomic E-state index is 0.0843. The van der Waals surface area contributed by atoms with Gasteiger partial charge in [0.2, 0.25) is 5.91 Å². The summed E-state index contributed by atoms with van der Waals surface area (Å²) in [5.41, 5.74) is 1.14. The van der Waals surface area contributed by atoms with Crippen molar-refractivity contribution >= 4 is 5.91 Å². The molecule has 1 unspecified atom stereocenters. The second-order valence-electron chi connectivity index (χ2n) is 5.24. The van der Waals surface area contributed by atoms with Crippen molar-refractivity contribution in [1.82, 2.24) is 10.6 Å². The highest BCUT2D eigenvalue weighted by atomic mass is 16.6. The molecule has 0 bridgehead atoms. The molecule has 1 amide bonds. The number of rotatable bonds is 7. The van der Waals surface area contributed by atoms with Gasteiger partial charge in [-0.1, -0.05) is 13.0 Å². The average molecular weight is 292 g/mol. The Morgan fingerprint density at radius 3 is 2.81 bits per heavy atom. The lowest BCUT2D eigenvalue weighted by atomic mass is 10.1. The van der Waals surface area contributed by atoms with Crippen molar-refractivity contribution in [3.8, 4) is 11.5 Å². The zero-order valence-electron chi connectivity index (χ0n) is 12.8. The standard InChI is InChI=1S/C16H24N2O3/c1-3-17-12(2)10-16(19)18-7-6-13-4-5-14-15(11-13)21-9-8-20-14/h4-5,11-12,17H,3,6-10H2,1-2H3,(H,18,19). The number of carbonyl (C=O) groups excluding carboxylic acids is 1. The zero-order valence-corrected chi connectivity index (χ0v) is 12.8. The molecule has 0 aromatic heterocycles. The van der Waals surface area contributed by atoms with E-state index in [2.05, 4.69) is 10.6 Å². The normalized spacial score (nSPS) is 14.6. The Balaban J connectivity index is 1.74. The summed E-state index contributed by atoms with van der Waals surface area (Å²) in [6.07, 6.45) is 1.30. The summed E-state index contributed by atoms with van der Waals surface area (Å²) in [5, 5.41) is 6.18. The van der Waals surface area contributed by atoms with E-state index < -0.39 is 0 Å². The SMILES string of the molecule is CCNC(C)CC(=O)NCCc1ccc2c(c1)OCCO2. The molecule has 0 radical (unpaired) electrons. The summed E-state index contributed by atoms with van der Waals surface area (Å²) in [6, 6.07) is 6.14. The lowest BCUT2D eigenvalue weighted by molar-refractivity contribution is -0.121. The molecule has 116 valence electrons. The van der Waals surface area contributed by atoms with Gasteiger partial charge in [0.25, 0.3) is 0 Å². The monoisotopic (exact) mass is 292 g/mol. The highest BCUT2D eigenvalue weighted by Crippen LogP contribution is 2.30. The van der Waals surface area contributed by atoms with E-state index >= 15 is 0 Å². The molecule has 0 saturated carbocycles. The molecule has 2 N–H and O–H groups in total. The molecule has 21 heavy (non-hydrogen) atoms. The number of hydrogen-bond acceptors (Lipinski definition) is 4. The first-order valence-corrected chi connectivity index (χ1v) is 7.57. The van der Waals surface area contributed by atoms with E-state index in [4.69, 9.17) is 9.47 Å². The van der Waals surface area contributed by atoms with Crippen LogP contribution in [-0.2, 0) is 11.2 Å². The summed E-state index contributed by atoms with van der Waals surface area (Å²) in [4.78, 5) is 11.8. The molecular weight excluding hydrogens is 268 g/mol. The second-order valence-corrected chi connectivity index (χ2v) is 5.24. The van der Waals surface area contributed by atoms with Crippen LogP contribution in [0.5, 0.6) is 11.5 Å². The maximum atomic E-state index is 11.8. The molecule has 0 saturated heterocycles. The summed E-state index contributed by atoms with van der Waals surface area (Å²) >= 11 is 0. The number of ether oxygens (including phenoxy) is 2. The van der Waals surface area contributed by atoms with Gasteiger partial charge in [0.05, 0.1) is 0 Å². The fourth-order valence-electron chi connectivity index (χ4n) is 2.36. The predicted octanol–water partition coefficient (Wildman–Crippen LogP) is 1.50. The Kier molecular flexibility index (Phi) is 5.87. The number of carbonyl (C=O) groups is 1. The minimum Gasteiger partial charge on any atom is -0.486 e. The minimum absolute atomic E-state index is 0.0843. The molecule has 5 heteroatoms. The summed E-state index contributed by atoms with van der Waals surface area (Å²) in [7, 11) is 0. The van der Waals surface area contributed by atoms with Crippen LogP contribution < -0.4 is 20.1 Å². The van der Waals surface area contributed by atoms with Crippen molar-refractivity contribution in [3.63, 3.8) is 0 Å². The molecule has 1 aliphatic heterocycles. The van der Waals surface area contributed by atoms with Crippen LogP contribution in [0.4, 0.5) is 0 Å². The predicted molar refractivity (Wildman–Crippen MR) is 81.9 cm³/mol. The third kappa shape index (κ3) is 4.93. The summed E-state index contributed by atoms with van der Waals surface area (Å²) in [6.45, 7) is 6.77. The Bertz CT molecular complexity index is 477. The van der Waals surface area contributed by atoms with Crippen LogP contribution in [0.15, 0.2) is 18.2 Å². The van der Waals surface area contributed by atoms with Gasteiger partial charge in [-0.25, -0.2) is 0 Å².